The summed E-state index contributed by atoms with van der Waals surface area (Å²) in [4.78, 5) is 16.9. The maximum atomic E-state index is 10.1. The molecule has 0 aliphatic carbocycles. The van der Waals surface area contributed by atoms with E-state index in [4.69, 9.17) is 14.4 Å². The van der Waals surface area contributed by atoms with E-state index in [1.54, 1.807) is 14.1 Å². The molecule has 6 N–H and O–H groups in total. The number of quaternary nitrogens is 2. The number of hydrogen-bond acceptors (Lipinski definition) is 3. The van der Waals surface area contributed by atoms with Crippen LogP contribution in [0.1, 0.15) is 0 Å². The van der Waals surface area contributed by atoms with Gasteiger partial charge in [-0.25, -0.2) is 4.20 Å². The average molecular weight is 162 g/mol. The lowest BCUT2D eigenvalue weighted by Gasteiger charge is -2.15. The van der Waals surface area contributed by atoms with Gasteiger partial charge < -0.3 is 25.8 Å². The molecule has 0 rings (SSSR count). The Kier molecular flexibility index (Phi) is 19.4. The minimum atomic E-state index is -5.64. The van der Waals surface area contributed by atoms with Crippen LogP contribution in [0.5, 0.6) is 0 Å². The summed E-state index contributed by atoms with van der Waals surface area (Å²) in [5, 5.41) is 0. The van der Waals surface area contributed by atoms with Gasteiger partial charge >= 0.3 is 0 Å². The van der Waals surface area contributed by atoms with Crippen LogP contribution in [0.4, 0.5) is 4.20 Å². The lowest BCUT2D eigenvalue weighted by atomic mass is 11.6. The molecular weight excluding hydrogens is 150 g/mol. The molecule has 60 valence electrons. The van der Waals surface area contributed by atoms with Gasteiger partial charge in [-0.05, 0) is 0 Å². The van der Waals surface area contributed by atoms with Crippen molar-refractivity contribution in [2.24, 2.45) is 0 Å². The Morgan fingerprint density at radius 3 is 1.22 bits per heavy atom. The van der Waals surface area contributed by atoms with Crippen LogP contribution in [-0.2, 0) is 4.57 Å². The predicted molar refractivity (Wildman–Crippen MR) is 26.3 cm³/mol. The second-order valence-corrected chi connectivity index (χ2v) is 1.29. The highest BCUT2D eigenvalue weighted by molar-refractivity contribution is 7.42. The molecule has 0 bridgehead atoms. The first-order valence-electron chi connectivity index (χ1n) is 2.13. The fourth-order valence-corrected chi connectivity index (χ4v) is 0. The maximum Gasteiger partial charge on any atom is 0.110 e. The quantitative estimate of drug-likeness (QED) is 0.359. The molecule has 0 saturated heterocycles. The third-order valence-electron chi connectivity index (χ3n) is 0. The van der Waals surface area contributed by atoms with Crippen molar-refractivity contribution < 1.29 is 30.0 Å². The van der Waals surface area contributed by atoms with E-state index in [0.29, 0.717) is 0 Å². The first-order chi connectivity index (χ1) is 4.00. The largest absolute Gasteiger partial charge is 0.786 e. The molecule has 0 saturated carbocycles. The zero-order valence-electron chi connectivity index (χ0n) is 5.46. The van der Waals surface area contributed by atoms with Crippen molar-refractivity contribution >= 4 is 7.91 Å². The van der Waals surface area contributed by atoms with Crippen LogP contribution in [0.25, 0.3) is 0 Å². The molecule has 0 aromatic rings. The van der Waals surface area contributed by atoms with E-state index >= 15 is 0 Å². The molecule has 0 aliphatic heterocycles. The molecule has 5 nitrogen and oxygen atoms in total. The molecule has 9 heavy (non-hydrogen) atoms. The van der Waals surface area contributed by atoms with Gasteiger partial charge in [0, 0.05) is 0 Å². The Morgan fingerprint density at radius 1 is 1.22 bits per heavy atom. The normalized spacial score (nSPS) is 7.89. The van der Waals surface area contributed by atoms with Gasteiger partial charge in [0.2, 0.25) is 0 Å². The van der Waals surface area contributed by atoms with Crippen LogP contribution in [-0.4, -0.2) is 14.1 Å². The summed E-state index contributed by atoms with van der Waals surface area (Å²) in [6, 6.07) is 0. The Bertz CT molecular complexity index is 65.9. The Labute approximate surface area is 53.1 Å². The van der Waals surface area contributed by atoms with Gasteiger partial charge in [-0.15, -0.1) is 0 Å². The third-order valence-corrected chi connectivity index (χ3v) is 0. The van der Waals surface area contributed by atoms with Gasteiger partial charge in [-0.1, -0.05) is 0 Å². The molecule has 7 heteroatoms. The van der Waals surface area contributed by atoms with E-state index in [9.17, 15) is 4.20 Å². The summed E-state index contributed by atoms with van der Waals surface area (Å²) in [6.07, 6.45) is 0. The second kappa shape index (κ2) is 10.9. The Morgan fingerprint density at radius 2 is 1.22 bits per heavy atom. The second-order valence-electron chi connectivity index (χ2n) is 0.431. The summed E-state index contributed by atoms with van der Waals surface area (Å²) in [5.74, 6) is 0. The van der Waals surface area contributed by atoms with Crippen LogP contribution in [0.3, 0.4) is 0 Å². The minimum absolute atomic E-state index is 1.75. The maximum absolute atomic E-state index is 10.1. The molecule has 0 fully saturated rings. The van der Waals surface area contributed by atoms with E-state index in [2.05, 4.69) is 11.5 Å². The van der Waals surface area contributed by atoms with E-state index in [1.807, 2.05) is 0 Å². The van der Waals surface area contributed by atoms with Crippen molar-refractivity contribution in [3.63, 3.8) is 0 Å². The van der Waals surface area contributed by atoms with Gasteiger partial charge in [0.15, 0.2) is 0 Å². The Balaban J connectivity index is -0.0000000771. The highest BCUT2D eigenvalue weighted by Crippen LogP contribution is 2.22. The van der Waals surface area contributed by atoms with Crippen molar-refractivity contribution in [2.45, 2.75) is 0 Å². The first-order valence-corrected chi connectivity index (χ1v) is 3.56. The fraction of sp³-hybridized carbons (Fsp3) is 1.00. The third kappa shape index (κ3) is 93499999999999995775975225743638528. The number of rotatable bonds is 0. The summed E-state index contributed by atoms with van der Waals surface area (Å²) < 4.78 is 18.6. The lowest BCUT2D eigenvalue weighted by Crippen LogP contribution is -2.40. The highest BCUT2D eigenvalue weighted by atomic mass is 31.2. The summed E-state index contributed by atoms with van der Waals surface area (Å²) in [5.41, 5.74) is 6.50. The van der Waals surface area contributed by atoms with E-state index in [-0.39, 0.29) is 0 Å². The molecule has 0 amide bonds. The van der Waals surface area contributed by atoms with Crippen molar-refractivity contribution in [3.8, 4) is 0 Å². The van der Waals surface area contributed by atoms with Crippen LogP contribution >= 0.6 is 7.91 Å². The van der Waals surface area contributed by atoms with Gasteiger partial charge in [-0.2, -0.15) is 0 Å². The van der Waals surface area contributed by atoms with Crippen LogP contribution in [0.15, 0.2) is 0 Å². The van der Waals surface area contributed by atoms with Gasteiger partial charge in [-0.3, -0.25) is 0 Å². The van der Waals surface area contributed by atoms with Crippen LogP contribution in [0, 0.1) is 0 Å². The van der Waals surface area contributed by atoms with E-state index < -0.39 is 7.91 Å². The first kappa shape index (κ1) is 16.0. The highest BCUT2D eigenvalue weighted by Gasteiger charge is 1.69. The van der Waals surface area contributed by atoms with Gasteiger partial charge in [0.25, 0.3) is 0 Å². The van der Waals surface area contributed by atoms with Crippen molar-refractivity contribution in [1.29, 1.82) is 0 Å². The van der Waals surface area contributed by atoms with Crippen LogP contribution in [0.2, 0.25) is 0 Å². The van der Waals surface area contributed by atoms with E-state index in [0.717, 1.165) is 0 Å². The molecular formula is C2H12FN2O3P. The lowest BCUT2D eigenvalue weighted by molar-refractivity contribution is -0.329. The predicted octanol–water partition coefficient (Wildman–Crippen LogP) is -3.50. The SMILES string of the molecule is C[NH3+].C[NH3+].O=P([O-])([O-])F. The van der Waals surface area contributed by atoms with Gasteiger partial charge in [0.1, 0.15) is 7.91 Å². The molecule has 0 aliphatic rings. The molecule has 0 aromatic heterocycles. The zero-order valence-corrected chi connectivity index (χ0v) is 6.36. The molecule has 0 heterocycles. The zero-order chi connectivity index (χ0) is 8.50. The molecule has 0 radical (unpaired) electrons. The minimum Gasteiger partial charge on any atom is -0.786 e. The smallest absolute Gasteiger partial charge is 0.110 e. The Hall–Kier alpha value is -0.0000000000000000555. The fourth-order valence-electron chi connectivity index (χ4n) is 0. The molecule has 0 unspecified atom stereocenters. The van der Waals surface area contributed by atoms with Crippen molar-refractivity contribution in [1.82, 2.24) is 0 Å². The summed E-state index contributed by atoms with van der Waals surface area (Å²) in [7, 11) is -2.14. The molecule has 0 atom stereocenters. The summed E-state index contributed by atoms with van der Waals surface area (Å²) >= 11 is 0. The number of hydrogen-bond donors (Lipinski definition) is 2. The molecule has 0 spiro atoms. The number of halogens is 1. The monoisotopic (exact) mass is 162 g/mol. The standard InChI is InChI=1S/2CH5N.FH2O3P/c2*1-2;1-5(2,3)4/h2*2H2,1H3;(H2,2,3,4). The van der Waals surface area contributed by atoms with Crippen molar-refractivity contribution in [2.75, 3.05) is 14.1 Å². The summed E-state index contributed by atoms with van der Waals surface area (Å²) in [6.45, 7) is 0. The van der Waals surface area contributed by atoms with Crippen molar-refractivity contribution in [3.05, 3.63) is 0 Å². The van der Waals surface area contributed by atoms with E-state index in [1.165, 1.54) is 0 Å². The average Bonchev–Trinajstić information content (AvgIpc) is 1.72. The van der Waals surface area contributed by atoms with Crippen LogP contribution < -0.4 is 21.3 Å². The van der Waals surface area contributed by atoms with Gasteiger partial charge in [0.05, 0.1) is 14.1 Å². The topological polar surface area (TPSA) is 118 Å². The molecule has 0 aromatic carbocycles.